The molecule has 0 rings (SSSR count). The van der Waals surface area contributed by atoms with Crippen LogP contribution < -0.4 is 0 Å². The minimum absolute atomic E-state index is 0. The largest absolute Gasteiger partial charge is 0.0776 e. The van der Waals surface area contributed by atoms with Gasteiger partial charge in [-0.2, -0.15) is 0 Å². The molecule has 0 aliphatic rings. The van der Waals surface area contributed by atoms with E-state index in [-0.39, 0.29) is 104 Å². The van der Waals surface area contributed by atoms with Crippen molar-refractivity contribution in [2.24, 2.45) is 40.4 Å². The molecule has 0 bridgehead atoms. The second-order valence-electron chi connectivity index (χ2n) is 15.0. The van der Waals surface area contributed by atoms with Gasteiger partial charge < -0.3 is 0 Å². The van der Waals surface area contributed by atoms with E-state index >= 15 is 0 Å². The average Bonchev–Trinajstić information content (AvgIpc) is 2.84. The molecule has 354 valence electrons. The van der Waals surface area contributed by atoms with Crippen LogP contribution in [0.2, 0.25) is 0 Å². The molecule has 0 atom stereocenters. The number of hydrogen-bond acceptors (Lipinski definition) is 0. The predicted molar refractivity (Wildman–Crippen MR) is 284 cm³/mol. The summed E-state index contributed by atoms with van der Waals surface area (Å²) in [5.74, 6) is 4.47. The van der Waals surface area contributed by atoms with Gasteiger partial charge in [-0.15, -0.1) is 0 Å². The topological polar surface area (TPSA) is 0 Å². The molecule has 0 saturated heterocycles. The van der Waals surface area contributed by atoms with Crippen molar-refractivity contribution in [2.45, 2.75) is 315 Å². The lowest BCUT2D eigenvalue weighted by Gasteiger charge is -2.12. The Morgan fingerprint density at radius 3 is 0.327 bits per heavy atom. The van der Waals surface area contributed by atoms with Crippen LogP contribution in [0.4, 0.5) is 0 Å². The van der Waals surface area contributed by atoms with E-state index in [1.807, 2.05) is 0 Å². The summed E-state index contributed by atoms with van der Waals surface area (Å²) >= 11 is 0. The lowest BCUT2D eigenvalue weighted by Crippen LogP contribution is -2.00. The molecule has 0 nitrogen and oxygen atoms in total. The standard InChI is InChI=1S/3C6H14.4C5H12.14CH4/c2*1-5-6(2,3)4;1-4-6(3)5-2;4*1-4-5(2)3;;;;;;;;;;;;;;/h2*5H2,1-4H3;6H,4-5H2,1-3H3;4*5H,4H2,1-3H3;14*1H4. The second-order valence-corrected chi connectivity index (χ2v) is 15.0. The lowest BCUT2D eigenvalue weighted by atomic mass is 9.94. The van der Waals surface area contributed by atoms with Gasteiger partial charge >= 0.3 is 0 Å². The summed E-state index contributed by atoms with van der Waals surface area (Å²) in [6.45, 7) is 51.2. The molecule has 0 heterocycles. The Bertz CT molecular complexity index is 282. The van der Waals surface area contributed by atoms with Crippen LogP contribution in [0.3, 0.4) is 0 Å². The summed E-state index contributed by atoms with van der Waals surface area (Å²) in [7, 11) is 0. The lowest BCUT2D eigenvalue weighted by molar-refractivity contribution is 0.397. The summed E-state index contributed by atoms with van der Waals surface area (Å²) in [6.07, 6.45) is 10.4. The quantitative estimate of drug-likeness (QED) is 0.252. The first-order chi connectivity index (χ1) is 17.0. The van der Waals surface area contributed by atoms with E-state index < -0.39 is 0 Å². The minimum Gasteiger partial charge on any atom is -0.0776 e. The predicted octanol–water partition coefficient (Wildman–Crippen LogP) is 24.4. The van der Waals surface area contributed by atoms with E-state index in [2.05, 4.69) is 159 Å². The Morgan fingerprint density at radius 2 is 0.327 bits per heavy atom. The maximum Gasteiger partial charge on any atom is -0.0385 e. The fourth-order valence-corrected chi connectivity index (χ4v) is 0.289. The summed E-state index contributed by atoms with van der Waals surface area (Å²) in [5, 5.41) is 0. The fraction of sp³-hybridized carbons (Fsp3) is 1.00. The first-order valence-electron chi connectivity index (χ1n) is 17.0. The highest BCUT2D eigenvalue weighted by atomic mass is 14.1. The van der Waals surface area contributed by atoms with Crippen LogP contribution in [0.5, 0.6) is 0 Å². The minimum atomic E-state index is 0. The Labute approximate surface area is 353 Å². The van der Waals surface area contributed by atoms with Gasteiger partial charge in [-0.1, -0.05) is 315 Å². The monoisotopic (exact) mass is 771 g/mol. The van der Waals surface area contributed by atoms with Gasteiger partial charge in [0.25, 0.3) is 0 Å². The van der Waals surface area contributed by atoms with Crippen molar-refractivity contribution in [1.29, 1.82) is 0 Å². The molecule has 52 heavy (non-hydrogen) atoms. The van der Waals surface area contributed by atoms with E-state index in [9.17, 15) is 0 Å². The van der Waals surface area contributed by atoms with E-state index in [1.165, 1.54) is 51.4 Å². The van der Waals surface area contributed by atoms with Gasteiger partial charge in [0.1, 0.15) is 0 Å². The van der Waals surface area contributed by atoms with Crippen LogP contribution >= 0.6 is 0 Å². The third-order valence-electron chi connectivity index (χ3n) is 6.78. The maximum atomic E-state index is 2.28. The van der Waals surface area contributed by atoms with Crippen molar-refractivity contribution in [3.8, 4) is 0 Å². The molecule has 0 fully saturated rings. The smallest absolute Gasteiger partial charge is 0.0385 e. The van der Waals surface area contributed by atoms with Gasteiger partial charge in [-0.05, 0) is 40.4 Å². The summed E-state index contributed by atoms with van der Waals surface area (Å²) in [6, 6.07) is 0. The van der Waals surface area contributed by atoms with Crippen molar-refractivity contribution >= 4 is 0 Å². The van der Waals surface area contributed by atoms with Gasteiger partial charge in [0.05, 0.1) is 0 Å². The normalized spacial score (nSPS) is 7.62. The molecule has 0 spiro atoms. The zero-order valence-corrected chi connectivity index (χ0v) is 32.5. The summed E-state index contributed by atoms with van der Waals surface area (Å²) < 4.78 is 0. The van der Waals surface area contributed by atoms with E-state index in [1.54, 1.807) is 0 Å². The maximum absolute atomic E-state index is 2.28. The van der Waals surface area contributed by atoms with Gasteiger partial charge in [0, 0.05) is 0 Å². The van der Waals surface area contributed by atoms with Crippen molar-refractivity contribution in [3.63, 3.8) is 0 Å². The molecule has 0 unspecified atom stereocenters. The van der Waals surface area contributed by atoms with E-state index in [4.69, 9.17) is 0 Å². The molecule has 0 aliphatic heterocycles. The fourth-order valence-electron chi connectivity index (χ4n) is 0.289. The van der Waals surface area contributed by atoms with Crippen molar-refractivity contribution in [2.75, 3.05) is 0 Å². The van der Waals surface area contributed by atoms with Crippen LogP contribution in [0.25, 0.3) is 0 Å². The van der Waals surface area contributed by atoms with E-state index in [0.29, 0.717) is 10.8 Å². The van der Waals surface area contributed by atoms with Crippen LogP contribution in [-0.4, -0.2) is 0 Å². The highest BCUT2D eigenvalue weighted by molar-refractivity contribution is 4.55. The molecule has 0 amide bonds. The SMILES string of the molecule is C.C.C.C.C.C.C.C.C.C.C.C.C.C.CCC(C)(C)C.CCC(C)(C)C.CCC(C)C.CCC(C)C.CCC(C)C.CCC(C)C.CCC(C)CC. The van der Waals surface area contributed by atoms with Crippen LogP contribution in [0.1, 0.15) is 315 Å². The number of hydrogen-bond donors (Lipinski definition) is 0. The van der Waals surface area contributed by atoms with Crippen molar-refractivity contribution < 1.29 is 0 Å². The Balaban J connectivity index is -0.0000000109. The average molecular weight is 772 g/mol. The zero-order valence-electron chi connectivity index (χ0n) is 32.5. The molecule has 0 aromatic heterocycles. The van der Waals surface area contributed by atoms with Gasteiger partial charge in [-0.25, -0.2) is 0 Å². The molecular weight excluding hydrogens is 625 g/mol. The molecule has 0 N–H and O–H groups in total. The molecule has 0 aliphatic carbocycles. The van der Waals surface area contributed by atoms with Gasteiger partial charge in [0.2, 0.25) is 0 Å². The Morgan fingerprint density at radius 1 is 0.250 bits per heavy atom. The van der Waals surface area contributed by atoms with Crippen LogP contribution in [0.15, 0.2) is 0 Å². The van der Waals surface area contributed by atoms with Gasteiger partial charge in [0.15, 0.2) is 0 Å². The highest BCUT2D eigenvalue weighted by Gasteiger charge is 2.03. The third-order valence-corrected chi connectivity index (χ3v) is 6.78. The van der Waals surface area contributed by atoms with Crippen molar-refractivity contribution in [3.05, 3.63) is 0 Å². The summed E-state index contributed by atoms with van der Waals surface area (Å²) in [4.78, 5) is 0. The van der Waals surface area contributed by atoms with Crippen LogP contribution in [0, 0.1) is 40.4 Å². The first kappa shape index (κ1) is 141. The first-order valence-corrected chi connectivity index (χ1v) is 17.0. The molecule has 0 heteroatoms. The van der Waals surface area contributed by atoms with Crippen LogP contribution in [-0.2, 0) is 0 Å². The third kappa shape index (κ3) is 371. The zero-order chi connectivity index (χ0) is 32.5. The highest BCUT2D eigenvalue weighted by Crippen LogP contribution is 2.16. The summed E-state index contributed by atoms with van der Waals surface area (Å²) in [5.41, 5.74) is 1.08. The van der Waals surface area contributed by atoms with Gasteiger partial charge in [-0.3, -0.25) is 0 Å². The number of rotatable bonds is 6. The molecule has 0 aromatic carbocycles. The molecule has 0 aromatic rings. The van der Waals surface area contributed by atoms with Crippen molar-refractivity contribution in [1.82, 2.24) is 0 Å². The Kier molecular flexibility index (Phi) is 282. The molecule has 0 saturated carbocycles. The second kappa shape index (κ2) is 104. The Hall–Kier alpha value is 0. The molecular formula is C52H146. The van der Waals surface area contributed by atoms with E-state index in [0.717, 1.165) is 29.6 Å². The molecule has 0 radical (unpaired) electrons.